The van der Waals surface area contributed by atoms with E-state index in [1.165, 1.54) is 7.05 Å². The zero-order valence-corrected chi connectivity index (χ0v) is 13.6. The van der Waals surface area contributed by atoms with Crippen LogP contribution in [0.1, 0.15) is 13.3 Å². The van der Waals surface area contributed by atoms with Gasteiger partial charge in [-0.3, -0.25) is 10.1 Å². The summed E-state index contributed by atoms with van der Waals surface area (Å²) in [5.41, 5.74) is -1.01. The summed E-state index contributed by atoms with van der Waals surface area (Å²) in [6.07, 6.45) is 2.50. The predicted octanol–water partition coefficient (Wildman–Crippen LogP) is 2.50. The van der Waals surface area contributed by atoms with Crippen molar-refractivity contribution in [1.82, 2.24) is 4.31 Å². The second-order valence-electron chi connectivity index (χ2n) is 4.50. The molecule has 0 aliphatic carbocycles. The number of hydrogen-bond donors (Lipinski definition) is 0. The maximum Gasteiger partial charge on any atom is 0.324 e. The Morgan fingerprint density at radius 1 is 1.48 bits per heavy atom. The minimum absolute atomic E-state index is 0.342. The number of nitro groups is 1. The summed E-state index contributed by atoms with van der Waals surface area (Å²) in [7, 11) is -2.78. The zero-order chi connectivity index (χ0) is 16.2. The van der Waals surface area contributed by atoms with E-state index >= 15 is 0 Å². The number of hydrogen-bond acceptors (Lipinski definition) is 5. The largest absolute Gasteiger partial charge is 0.324 e. The van der Waals surface area contributed by atoms with Crippen LogP contribution in [0.3, 0.4) is 0 Å². The number of thioether (sulfide) groups is 1. The van der Waals surface area contributed by atoms with Crippen LogP contribution in [-0.4, -0.2) is 42.7 Å². The van der Waals surface area contributed by atoms with Crippen LogP contribution in [0.25, 0.3) is 0 Å². The summed E-state index contributed by atoms with van der Waals surface area (Å²) in [6.45, 7) is 1.71. The summed E-state index contributed by atoms with van der Waals surface area (Å²) in [6, 6.07) is 2.73. The lowest BCUT2D eigenvalue weighted by Crippen LogP contribution is -2.35. The molecule has 0 spiro atoms. The molecule has 0 amide bonds. The molecular weight excluding hydrogens is 319 g/mol. The van der Waals surface area contributed by atoms with Crippen molar-refractivity contribution in [3.63, 3.8) is 0 Å². The number of halogens is 1. The topological polar surface area (TPSA) is 80.5 Å². The van der Waals surface area contributed by atoms with E-state index in [-0.39, 0.29) is 6.04 Å². The van der Waals surface area contributed by atoms with Crippen LogP contribution in [0.4, 0.5) is 10.1 Å². The Hall–Kier alpha value is -1.19. The van der Waals surface area contributed by atoms with E-state index in [2.05, 4.69) is 0 Å². The molecule has 21 heavy (non-hydrogen) atoms. The van der Waals surface area contributed by atoms with Crippen molar-refractivity contribution in [1.29, 1.82) is 0 Å². The van der Waals surface area contributed by atoms with E-state index in [0.29, 0.717) is 6.42 Å². The molecule has 0 saturated carbocycles. The monoisotopic (exact) mass is 336 g/mol. The van der Waals surface area contributed by atoms with E-state index in [4.69, 9.17) is 0 Å². The molecule has 0 aromatic heterocycles. The van der Waals surface area contributed by atoms with Gasteiger partial charge in [-0.15, -0.1) is 0 Å². The van der Waals surface area contributed by atoms with Gasteiger partial charge in [0.25, 0.3) is 0 Å². The maximum absolute atomic E-state index is 13.6. The first-order valence-corrected chi connectivity index (χ1v) is 8.96. The van der Waals surface area contributed by atoms with Crippen molar-refractivity contribution in [2.24, 2.45) is 0 Å². The van der Waals surface area contributed by atoms with Crippen LogP contribution in [0.2, 0.25) is 0 Å². The molecule has 6 nitrogen and oxygen atoms in total. The highest BCUT2D eigenvalue weighted by molar-refractivity contribution is 7.98. The van der Waals surface area contributed by atoms with E-state index in [1.54, 1.807) is 18.7 Å². The molecule has 1 aromatic rings. The predicted molar refractivity (Wildman–Crippen MR) is 80.5 cm³/mol. The molecule has 0 radical (unpaired) electrons. The lowest BCUT2D eigenvalue weighted by molar-refractivity contribution is -0.390. The Bertz CT molecular complexity index is 622. The van der Waals surface area contributed by atoms with Gasteiger partial charge in [0, 0.05) is 13.1 Å². The fourth-order valence-corrected chi connectivity index (χ4v) is 3.88. The Balaban J connectivity index is 3.25. The summed E-state index contributed by atoms with van der Waals surface area (Å²) >= 11 is 1.57. The van der Waals surface area contributed by atoms with Gasteiger partial charge in [0.1, 0.15) is 0 Å². The molecule has 0 aliphatic rings. The van der Waals surface area contributed by atoms with Gasteiger partial charge >= 0.3 is 5.69 Å². The van der Waals surface area contributed by atoms with Crippen molar-refractivity contribution < 1.29 is 17.7 Å². The number of rotatable bonds is 7. The SMILES string of the molecule is CSCCC(C)N(C)S(=O)(=O)c1cccc(F)c1[N+](=O)[O-]. The van der Waals surface area contributed by atoms with E-state index in [9.17, 15) is 22.9 Å². The fourth-order valence-electron chi connectivity index (χ4n) is 1.74. The van der Waals surface area contributed by atoms with E-state index in [1.807, 2.05) is 6.26 Å². The highest BCUT2D eigenvalue weighted by atomic mass is 32.2. The smallest absolute Gasteiger partial charge is 0.258 e. The standard InChI is InChI=1S/C12H17FN2O4S2/c1-9(7-8-20-3)14(2)21(18,19)11-6-4-5-10(13)12(11)15(16)17/h4-6,9H,7-8H2,1-3H3. The molecule has 0 bridgehead atoms. The van der Waals surface area contributed by atoms with Gasteiger partial charge in [-0.05, 0) is 37.5 Å². The third-order valence-corrected chi connectivity index (χ3v) is 5.80. The molecule has 1 rings (SSSR count). The summed E-state index contributed by atoms with van der Waals surface area (Å²) < 4.78 is 39.5. The average molecular weight is 336 g/mol. The third kappa shape index (κ3) is 3.92. The van der Waals surface area contributed by atoms with Crippen LogP contribution >= 0.6 is 11.8 Å². The van der Waals surface area contributed by atoms with Gasteiger partial charge < -0.3 is 0 Å². The molecule has 118 valence electrons. The quantitative estimate of drug-likeness (QED) is 0.564. The number of benzene rings is 1. The van der Waals surface area contributed by atoms with Gasteiger partial charge in [0.15, 0.2) is 4.90 Å². The lowest BCUT2D eigenvalue weighted by Gasteiger charge is -2.24. The maximum atomic E-state index is 13.6. The molecule has 0 heterocycles. The summed E-state index contributed by atoms with van der Waals surface area (Å²) in [4.78, 5) is 9.30. The van der Waals surface area contributed by atoms with Crippen LogP contribution in [0.15, 0.2) is 23.1 Å². The summed E-state index contributed by atoms with van der Waals surface area (Å²) in [5, 5.41) is 10.9. The van der Waals surface area contributed by atoms with Gasteiger partial charge in [-0.1, -0.05) is 6.07 Å². The number of para-hydroxylation sites is 1. The molecule has 1 atom stereocenters. The van der Waals surface area contributed by atoms with Crippen LogP contribution < -0.4 is 0 Å². The number of sulfonamides is 1. The Morgan fingerprint density at radius 2 is 2.10 bits per heavy atom. The first kappa shape index (κ1) is 17.9. The van der Waals surface area contributed by atoms with Crippen molar-refractivity contribution in [3.05, 3.63) is 34.1 Å². The van der Waals surface area contributed by atoms with Gasteiger partial charge in [0.2, 0.25) is 15.8 Å². The number of nitrogens with zero attached hydrogens (tertiary/aromatic N) is 2. The van der Waals surface area contributed by atoms with Gasteiger partial charge in [0.05, 0.1) is 4.92 Å². The van der Waals surface area contributed by atoms with E-state index < -0.39 is 31.3 Å². The minimum Gasteiger partial charge on any atom is -0.258 e. The van der Waals surface area contributed by atoms with E-state index in [0.717, 1.165) is 28.3 Å². The molecule has 0 fully saturated rings. The molecule has 1 unspecified atom stereocenters. The van der Waals surface area contributed by atoms with Crippen LogP contribution in [-0.2, 0) is 10.0 Å². The minimum atomic E-state index is -4.12. The van der Waals surface area contributed by atoms with Crippen molar-refractivity contribution in [2.75, 3.05) is 19.1 Å². The normalized spacial score (nSPS) is 13.4. The first-order chi connectivity index (χ1) is 9.73. The van der Waals surface area contributed by atoms with Crippen molar-refractivity contribution in [2.45, 2.75) is 24.3 Å². The second-order valence-corrected chi connectivity index (χ2v) is 7.45. The molecular formula is C12H17FN2O4S2. The van der Waals surface area contributed by atoms with Crippen molar-refractivity contribution >= 4 is 27.5 Å². The van der Waals surface area contributed by atoms with Crippen LogP contribution in [0.5, 0.6) is 0 Å². The average Bonchev–Trinajstić information content (AvgIpc) is 2.43. The molecule has 0 aliphatic heterocycles. The molecule has 1 aromatic carbocycles. The Morgan fingerprint density at radius 3 is 2.62 bits per heavy atom. The highest BCUT2D eigenvalue weighted by Crippen LogP contribution is 2.29. The van der Waals surface area contributed by atoms with Gasteiger partial charge in [-0.25, -0.2) is 8.42 Å². The lowest BCUT2D eigenvalue weighted by atomic mass is 10.3. The third-order valence-electron chi connectivity index (χ3n) is 3.15. The van der Waals surface area contributed by atoms with Crippen molar-refractivity contribution in [3.8, 4) is 0 Å². The fraction of sp³-hybridized carbons (Fsp3) is 0.500. The Kier molecular flexibility index (Phi) is 6.11. The molecule has 9 heteroatoms. The summed E-state index contributed by atoms with van der Waals surface area (Å²) in [5.74, 6) is -0.405. The van der Waals surface area contributed by atoms with Gasteiger partial charge in [-0.2, -0.15) is 20.5 Å². The highest BCUT2D eigenvalue weighted by Gasteiger charge is 2.34. The molecule has 0 N–H and O–H groups in total. The first-order valence-electron chi connectivity index (χ1n) is 6.13. The number of nitro benzene ring substituents is 1. The zero-order valence-electron chi connectivity index (χ0n) is 11.9. The second kappa shape index (κ2) is 7.19. The Labute approximate surface area is 127 Å². The van der Waals surface area contributed by atoms with Crippen LogP contribution in [0, 0.1) is 15.9 Å². The molecule has 0 saturated heterocycles.